The van der Waals surface area contributed by atoms with Crippen molar-refractivity contribution in [2.24, 2.45) is 0 Å². The number of hydrogen-bond donors (Lipinski definition) is 2. The molecule has 1 aromatic heterocycles. The third-order valence-corrected chi connectivity index (χ3v) is 5.94. The van der Waals surface area contributed by atoms with Crippen LogP contribution < -0.4 is 14.4 Å². The molecule has 0 amide bonds. The fourth-order valence-corrected chi connectivity index (χ4v) is 4.09. The van der Waals surface area contributed by atoms with E-state index in [-0.39, 0.29) is 17.3 Å². The number of benzene rings is 2. The van der Waals surface area contributed by atoms with Crippen molar-refractivity contribution >= 4 is 26.7 Å². The van der Waals surface area contributed by atoms with Gasteiger partial charge in [0.15, 0.2) is 0 Å². The average molecular weight is 390 g/mol. The molecule has 2 heterocycles. The van der Waals surface area contributed by atoms with Crippen LogP contribution in [0.25, 0.3) is 11.0 Å². The summed E-state index contributed by atoms with van der Waals surface area (Å²) in [4.78, 5) is 9.48. The van der Waals surface area contributed by atoms with Crippen molar-refractivity contribution in [2.45, 2.75) is 11.3 Å². The Labute approximate surface area is 156 Å². The van der Waals surface area contributed by atoms with E-state index in [9.17, 15) is 12.8 Å². The van der Waals surface area contributed by atoms with Gasteiger partial charge in [0, 0.05) is 20.0 Å². The number of nitrogens with zero attached hydrogens (tertiary/aromatic N) is 2. The molecular weight excluding hydrogens is 371 g/mol. The Morgan fingerprint density at radius 2 is 2.15 bits per heavy atom. The van der Waals surface area contributed by atoms with Gasteiger partial charge in [-0.05, 0) is 36.4 Å². The van der Waals surface area contributed by atoms with Crippen LogP contribution in [-0.4, -0.2) is 45.1 Å². The molecule has 0 saturated carbocycles. The van der Waals surface area contributed by atoms with Crippen LogP contribution >= 0.6 is 0 Å². The van der Waals surface area contributed by atoms with Crippen molar-refractivity contribution < 1.29 is 17.5 Å². The molecule has 1 aliphatic rings. The molecule has 0 bridgehead atoms. The maximum atomic E-state index is 13.2. The Morgan fingerprint density at radius 1 is 1.30 bits per heavy atom. The third kappa shape index (κ3) is 3.60. The molecule has 0 fully saturated rings. The standard InChI is InChI=1S/C18H19FN4O3S/c1-23-8-9-26-17-5-3-13(11-16(17)23)27(24,25)20-7-6-18-21-14-4-2-12(19)10-15(14)22-18/h2-5,10-11,20H,6-9H2,1H3,(H,21,22). The van der Waals surface area contributed by atoms with Crippen LogP contribution in [0, 0.1) is 5.82 Å². The summed E-state index contributed by atoms with van der Waals surface area (Å²) in [5, 5.41) is 0. The van der Waals surface area contributed by atoms with Gasteiger partial charge in [-0.2, -0.15) is 0 Å². The Hall–Kier alpha value is -2.65. The van der Waals surface area contributed by atoms with E-state index in [0.717, 1.165) is 5.69 Å². The van der Waals surface area contributed by atoms with Gasteiger partial charge in [-0.15, -0.1) is 0 Å². The molecule has 0 spiro atoms. The molecule has 142 valence electrons. The van der Waals surface area contributed by atoms with Crippen LogP contribution in [0.4, 0.5) is 10.1 Å². The lowest BCUT2D eigenvalue weighted by Gasteiger charge is -2.28. The lowest BCUT2D eigenvalue weighted by molar-refractivity contribution is 0.311. The minimum Gasteiger partial charge on any atom is -0.490 e. The van der Waals surface area contributed by atoms with Crippen LogP contribution in [-0.2, 0) is 16.4 Å². The van der Waals surface area contributed by atoms with Crippen molar-refractivity contribution in [3.63, 3.8) is 0 Å². The van der Waals surface area contributed by atoms with E-state index >= 15 is 0 Å². The number of sulfonamides is 1. The quantitative estimate of drug-likeness (QED) is 0.696. The van der Waals surface area contributed by atoms with Crippen molar-refractivity contribution in [2.75, 3.05) is 31.6 Å². The van der Waals surface area contributed by atoms with Gasteiger partial charge in [0.25, 0.3) is 0 Å². The van der Waals surface area contributed by atoms with Crippen molar-refractivity contribution in [3.05, 3.63) is 48.0 Å². The summed E-state index contributed by atoms with van der Waals surface area (Å²) in [6.45, 7) is 1.46. The highest BCUT2D eigenvalue weighted by Crippen LogP contribution is 2.32. The Morgan fingerprint density at radius 3 is 3.00 bits per heavy atom. The molecule has 0 radical (unpaired) electrons. The summed E-state index contributed by atoms with van der Waals surface area (Å²) < 4.78 is 46.5. The monoisotopic (exact) mass is 390 g/mol. The van der Waals surface area contributed by atoms with Gasteiger partial charge in [0.1, 0.15) is 24.0 Å². The molecule has 27 heavy (non-hydrogen) atoms. The minimum absolute atomic E-state index is 0.175. The molecule has 9 heteroatoms. The molecule has 0 unspecified atom stereocenters. The zero-order chi connectivity index (χ0) is 19.0. The number of anilines is 1. The highest BCUT2D eigenvalue weighted by Gasteiger charge is 2.20. The molecule has 7 nitrogen and oxygen atoms in total. The first kappa shape index (κ1) is 17.7. The van der Waals surface area contributed by atoms with Gasteiger partial charge in [-0.3, -0.25) is 0 Å². The summed E-state index contributed by atoms with van der Waals surface area (Å²) in [5.74, 6) is 0.925. The maximum absolute atomic E-state index is 13.2. The fraction of sp³-hybridized carbons (Fsp3) is 0.278. The van der Waals surface area contributed by atoms with Gasteiger partial charge in [0.05, 0.1) is 28.2 Å². The number of aromatic amines is 1. The minimum atomic E-state index is -3.66. The molecule has 0 atom stereocenters. The molecule has 3 aromatic rings. The molecule has 2 N–H and O–H groups in total. The van der Waals surface area contributed by atoms with Crippen molar-refractivity contribution in [3.8, 4) is 5.75 Å². The lowest BCUT2D eigenvalue weighted by atomic mass is 10.2. The number of nitrogens with one attached hydrogen (secondary N) is 2. The second-order valence-electron chi connectivity index (χ2n) is 6.39. The third-order valence-electron chi connectivity index (χ3n) is 4.48. The molecule has 4 rings (SSSR count). The number of hydrogen-bond acceptors (Lipinski definition) is 5. The first-order chi connectivity index (χ1) is 12.9. The zero-order valence-corrected chi connectivity index (χ0v) is 15.5. The first-order valence-electron chi connectivity index (χ1n) is 8.54. The number of imidazole rings is 1. The lowest BCUT2D eigenvalue weighted by Crippen LogP contribution is -2.30. The molecular formula is C18H19FN4O3S. The molecule has 0 saturated heterocycles. The van der Waals surface area contributed by atoms with Gasteiger partial charge in [-0.1, -0.05) is 0 Å². The number of ether oxygens (including phenoxy) is 1. The van der Waals surface area contributed by atoms with Crippen LogP contribution in [0.3, 0.4) is 0 Å². The first-order valence-corrected chi connectivity index (χ1v) is 10.0. The van der Waals surface area contributed by atoms with Crippen LogP contribution in [0.2, 0.25) is 0 Å². The average Bonchev–Trinajstić information content (AvgIpc) is 3.03. The van der Waals surface area contributed by atoms with Crippen LogP contribution in [0.5, 0.6) is 5.75 Å². The van der Waals surface area contributed by atoms with E-state index in [0.29, 0.717) is 42.2 Å². The Balaban J connectivity index is 1.46. The second-order valence-corrected chi connectivity index (χ2v) is 8.16. The highest BCUT2D eigenvalue weighted by atomic mass is 32.2. The zero-order valence-electron chi connectivity index (χ0n) is 14.7. The number of H-pyrrole nitrogens is 1. The number of likely N-dealkylation sites (N-methyl/N-ethyl adjacent to an activating group) is 1. The normalized spacial score (nSPS) is 14.2. The van der Waals surface area contributed by atoms with E-state index in [2.05, 4.69) is 14.7 Å². The maximum Gasteiger partial charge on any atom is 0.240 e. The summed E-state index contributed by atoms with van der Waals surface area (Å²) in [7, 11) is -1.76. The predicted molar refractivity (Wildman–Crippen MR) is 100 cm³/mol. The SMILES string of the molecule is CN1CCOc2ccc(S(=O)(=O)NCCc3nc4ccc(F)cc4[nH]3)cc21. The van der Waals surface area contributed by atoms with Gasteiger partial charge in [0.2, 0.25) is 10.0 Å². The smallest absolute Gasteiger partial charge is 0.240 e. The van der Waals surface area contributed by atoms with Crippen molar-refractivity contribution in [1.82, 2.24) is 14.7 Å². The van der Waals surface area contributed by atoms with Crippen LogP contribution in [0.1, 0.15) is 5.82 Å². The number of aromatic nitrogens is 2. The number of halogens is 1. The van der Waals surface area contributed by atoms with E-state index in [1.54, 1.807) is 18.2 Å². The predicted octanol–water partition coefficient (Wildman–Crippen LogP) is 2.05. The fourth-order valence-electron chi connectivity index (χ4n) is 3.04. The largest absolute Gasteiger partial charge is 0.490 e. The number of rotatable bonds is 5. The Kier molecular flexibility index (Phi) is 4.48. The number of fused-ring (bicyclic) bond motifs is 2. The van der Waals surface area contributed by atoms with E-state index in [1.807, 2.05) is 11.9 Å². The topological polar surface area (TPSA) is 87.3 Å². The second kappa shape index (κ2) is 6.82. The van der Waals surface area contributed by atoms with Crippen LogP contribution in [0.15, 0.2) is 41.3 Å². The summed E-state index contributed by atoms with van der Waals surface area (Å²) in [6, 6.07) is 9.10. The van der Waals surface area contributed by atoms with Gasteiger partial charge >= 0.3 is 0 Å². The van der Waals surface area contributed by atoms with Crippen molar-refractivity contribution in [1.29, 1.82) is 0 Å². The summed E-state index contributed by atoms with van der Waals surface area (Å²) in [5.41, 5.74) is 1.99. The molecule has 0 aliphatic carbocycles. The Bertz CT molecular complexity index is 1100. The summed E-state index contributed by atoms with van der Waals surface area (Å²) >= 11 is 0. The molecule has 1 aliphatic heterocycles. The summed E-state index contributed by atoms with van der Waals surface area (Å²) in [6.07, 6.45) is 0.365. The van der Waals surface area contributed by atoms with Gasteiger partial charge < -0.3 is 14.6 Å². The van der Waals surface area contributed by atoms with E-state index in [1.165, 1.54) is 18.2 Å². The van der Waals surface area contributed by atoms with Gasteiger partial charge in [-0.25, -0.2) is 22.5 Å². The van der Waals surface area contributed by atoms with E-state index < -0.39 is 10.0 Å². The molecule has 2 aromatic carbocycles. The van der Waals surface area contributed by atoms with E-state index in [4.69, 9.17) is 4.74 Å². The highest BCUT2D eigenvalue weighted by molar-refractivity contribution is 7.89.